The van der Waals surface area contributed by atoms with Crippen molar-refractivity contribution in [3.8, 4) is 0 Å². The highest BCUT2D eigenvalue weighted by atomic mass is 31.2. The molecule has 0 saturated carbocycles. The highest BCUT2D eigenvalue weighted by Crippen LogP contribution is 2.43. The number of unbranched alkanes of at least 4 members (excludes halogenated alkanes) is 11. The molecule has 0 aromatic rings. The zero-order valence-electron chi connectivity index (χ0n) is 24.2. The number of carbonyl (C=O) groups excluding carboxylic acids is 2. The molecule has 1 unspecified atom stereocenters. The van der Waals surface area contributed by atoms with Crippen LogP contribution in [0.4, 0.5) is 0 Å². The van der Waals surface area contributed by atoms with Gasteiger partial charge in [0.15, 0.2) is 6.10 Å². The van der Waals surface area contributed by atoms with Gasteiger partial charge >= 0.3 is 19.8 Å². The van der Waals surface area contributed by atoms with Crippen molar-refractivity contribution in [2.75, 3.05) is 47.5 Å². The van der Waals surface area contributed by atoms with Gasteiger partial charge in [0.05, 0.1) is 27.7 Å². The summed E-state index contributed by atoms with van der Waals surface area (Å²) in [5.41, 5.74) is 0. The van der Waals surface area contributed by atoms with E-state index >= 15 is 0 Å². The average Bonchev–Trinajstić information content (AvgIpc) is 2.81. The maximum atomic E-state index is 12.4. The highest BCUT2D eigenvalue weighted by molar-refractivity contribution is 7.47. The van der Waals surface area contributed by atoms with Crippen LogP contribution >= 0.6 is 7.82 Å². The summed E-state index contributed by atoms with van der Waals surface area (Å²) < 4.78 is 33.6. The third-order valence-electron chi connectivity index (χ3n) is 5.89. The number of esters is 2. The van der Waals surface area contributed by atoms with Crippen molar-refractivity contribution >= 4 is 19.8 Å². The van der Waals surface area contributed by atoms with Crippen LogP contribution in [0.5, 0.6) is 0 Å². The van der Waals surface area contributed by atoms with E-state index in [9.17, 15) is 19.0 Å². The van der Waals surface area contributed by atoms with Crippen LogP contribution in [0.25, 0.3) is 0 Å². The molecule has 0 spiro atoms. The van der Waals surface area contributed by atoms with Gasteiger partial charge in [-0.25, -0.2) is 4.57 Å². The Morgan fingerprint density at radius 2 is 1.22 bits per heavy atom. The summed E-state index contributed by atoms with van der Waals surface area (Å²) in [4.78, 5) is 34.4. The molecule has 0 heterocycles. The van der Waals surface area contributed by atoms with E-state index < -0.39 is 26.5 Å². The summed E-state index contributed by atoms with van der Waals surface area (Å²) in [6, 6.07) is 0. The van der Waals surface area contributed by atoms with Gasteiger partial charge in [0, 0.05) is 12.8 Å². The summed E-state index contributed by atoms with van der Waals surface area (Å²) >= 11 is 0. The minimum atomic E-state index is -4.33. The minimum absolute atomic E-state index is 0.0348. The second kappa shape index (κ2) is 21.9. The van der Waals surface area contributed by atoms with Gasteiger partial charge in [-0.3, -0.25) is 18.6 Å². The first kappa shape index (κ1) is 36.0. The Hall–Kier alpha value is -0.990. The lowest BCUT2D eigenvalue weighted by Crippen LogP contribution is -2.37. The molecule has 0 bridgehead atoms. The van der Waals surface area contributed by atoms with Gasteiger partial charge in [0.1, 0.15) is 19.8 Å². The first-order chi connectivity index (χ1) is 17.5. The molecule has 0 aliphatic rings. The van der Waals surface area contributed by atoms with E-state index in [4.69, 9.17) is 18.5 Å². The molecule has 0 aromatic carbocycles. The summed E-state index contributed by atoms with van der Waals surface area (Å²) in [6.45, 7) is 4.23. The van der Waals surface area contributed by atoms with E-state index in [1.54, 1.807) is 0 Å². The van der Waals surface area contributed by atoms with Crippen LogP contribution < -0.4 is 0 Å². The Morgan fingerprint density at radius 1 is 0.730 bits per heavy atom. The molecule has 1 N–H and O–H groups in total. The molecule has 0 saturated heterocycles. The fourth-order valence-electron chi connectivity index (χ4n) is 3.54. The summed E-state index contributed by atoms with van der Waals surface area (Å²) in [5, 5.41) is 0. The largest absolute Gasteiger partial charge is 0.472 e. The predicted octanol–water partition coefficient (Wildman–Crippen LogP) is 6.17. The first-order valence-electron chi connectivity index (χ1n) is 14.3. The van der Waals surface area contributed by atoms with Crippen LogP contribution in [0.1, 0.15) is 110 Å². The lowest BCUT2D eigenvalue weighted by atomic mass is 10.1. The van der Waals surface area contributed by atoms with Gasteiger partial charge < -0.3 is 18.9 Å². The monoisotopic (exact) mass is 552 g/mol. The van der Waals surface area contributed by atoms with Crippen molar-refractivity contribution < 1.29 is 42.1 Å². The second-order valence-corrected chi connectivity index (χ2v) is 12.2. The predicted molar refractivity (Wildman–Crippen MR) is 146 cm³/mol. The lowest BCUT2D eigenvalue weighted by molar-refractivity contribution is -0.870. The number of phosphoric ester groups is 1. The van der Waals surface area contributed by atoms with Crippen molar-refractivity contribution in [2.24, 2.45) is 0 Å². The van der Waals surface area contributed by atoms with Crippen molar-refractivity contribution in [1.29, 1.82) is 0 Å². The molecule has 10 heteroatoms. The van der Waals surface area contributed by atoms with Crippen LogP contribution in [0.3, 0.4) is 0 Å². The van der Waals surface area contributed by atoms with E-state index in [0.717, 1.165) is 38.5 Å². The second-order valence-electron chi connectivity index (χ2n) is 10.8. The van der Waals surface area contributed by atoms with Crippen molar-refractivity contribution in [2.45, 2.75) is 116 Å². The van der Waals surface area contributed by atoms with E-state index in [2.05, 4.69) is 13.8 Å². The fraction of sp³-hybridized carbons (Fsp3) is 0.926. The Morgan fingerprint density at radius 3 is 1.76 bits per heavy atom. The number of carbonyl (C=O) groups is 2. The van der Waals surface area contributed by atoms with Gasteiger partial charge in [0.25, 0.3) is 0 Å². The number of likely N-dealkylation sites (N-methyl/N-ethyl adjacent to an activating group) is 1. The Labute approximate surface area is 225 Å². The van der Waals surface area contributed by atoms with Crippen LogP contribution in [0.15, 0.2) is 0 Å². The maximum Gasteiger partial charge on any atom is 0.472 e. The Kier molecular flexibility index (Phi) is 21.3. The van der Waals surface area contributed by atoms with Gasteiger partial charge in [0.2, 0.25) is 0 Å². The molecule has 0 amide bonds. The average molecular weight is 553 g/mol. The molecule has 0 radical (unpaired) electrons. The smallest absolute Gasteiger partial charge is 0.462 e. The number of hydrogen-bond acceptors (Lipinski definition) is 7. The number of nitrogens with zero attached hydrogens (tertiary/aromatic N) is 1. The quantitative estimate of drug-likeness (QED) is 0.0620. The molecular formula is C27H55NO8P+. The Bertz CT molecular complexity index is 638. The van der Waals surface area contributed by atoms with E-state index in [1.165, 1.54) is 38.5 Å². The zero-order chi connectivity index (χ0) is 28.0. The molecule has 9 nitrogen and oxygen atoms in total. The van der Waals surface area contributed by atoms with Crippen LogP contribution in [0, 0.1) is 0 Å². The minimum Gasteiger partial charge on any atom is -0.462 e. The zero-order valence-corrected chi connectivity index (χ0v) is 25.1. The molecule has 2 atom stereocenters. The molecule has 0 fully saturated rings. The Balaban J connectivity index is 4.54. The molecule has 37 heavy (non-hydrogen) atoms. The summed E-state index contributed by atoms with van der Waals surface area (Å²) in [7, 11) is 1.48. The lowest BCUT2D eigenvalue weighted by Gasteiger charge is -2.24. The van der Waals surface area contributed by atoms with Crippen LogP contribution in [-0.2, 0) is 32.7 Å². The molecule has 0 aliphatic heterocycles. The number of rotatable bonds is 25. The van der Waals surface area contributed by atoms with Crippen molar-refractivity contribution in [1.82, 2.24) is 0 Å². The normalized spacial score (nSPS) is 14.2. The van der Waals surface area contributed by atoms with Gasteiger partial charge in [-0.15, -0.1) is 0 Å². The number of phosphoric acid groups is 1. The van der Waals surface area contributed by atoms with Crippen LogP contribution in [0.2, 0.25) is 0 Å². The number of ether oxygens (including phenoxy) is 2. The molecular weight excluding hydrogens is 497 g/mol. The standard InChI is InChI=1S/C27H54NO8P/c1-6-8-10-12-13-14-15-16-18-20-27(30)36-25(23-33-26(29)19-17-11-9-7-2)24-35-37(31,32)34-22-21-28(3,4)5/h25H,6-24H2,1-5H3/p+1/t25-/m0/s1. The summed E-state index contributed by atoms with van der Waals surface area (Å²) in [5.74, 6) is -0.822. The van der Waals surface area contributed by atoms with Gasteiger partial charge in [-0.05, 0) is 12.8 Å². The van der Waals surface area contributed by atoms with E-state index in [1.807, 2.05) is 21.1 Å². The van der Waals surface area contributed by atoms with Crippen molar-refractivity contribution in [3.63, 3.8) is 0 Å². The summed E-state index contributed by atoms with van der Waals surface area (Å²) in [6.07, 6.45) is 13.6. The number of quaternary nitrogens is 1. The SMILES string of the molecule is CCCCCCCCCCCC(=O)O[C@@H](COC(=O)CCCCCC)COP(=O)(O)OCC[N+](C)(C)C. The highest BCUT2D eigenvalue weighted by Gasteiger charge is 2.27. The third-order valence-corrected chi connectivity index (χ3v) is 6.87. The number of hydrogen-bond donors (Lipinski definition) is 1. The van der Waals surface area contributed by atoms with Crippen LogP contribution in [-0.4, -0.2) is 74.9 Å². The fourth-order valence-corrected chi connectivity index (χ4v) is 4.28. The van der Waals surface area contributed by atoms with E-state index in [0.29, 0.717) is 17.4 Å². The first-order valence-corrected chi connectivity index (χ1v) is 15.8. The van der Waals surface area contributed by atoms with Gasteiger partial charge in [-0.1, -0.05) is 84.5 Å². The maximum absolute atomic E-state index is 12.4. The molecule has 220 valence electrons. The van der Waals surface area contributed by atoms with Gasteiger partial charge in [-0.2, -0.15) is 0 Å². The molecule has 0 rings (SSSR count). The van der Waals surface area contributed by atoms with E-state index in [-0.39, 0.29) is 32.0 Å². The molecule has 0 aromatic heterocycles. The topological polar surface area (TPSA) is 108 Å². The van der Waals surface area contributed by atoms with Crippen molar-refractivity contribution in [3.05, 3.63) is 0 Å². The third kappa shape index (κ3) is 25.1. The molecule has 0 aliphatic carbocycles.